The van der Waals surface area contributed by atoms with Crippen molar-refractivity contribution in [2.24, 2.45) is 7.05 Å². The molecule has 0 unspecified atom stereocenters. The van der Waals surface area contributed by atoms with E-state index < -0.39 is 0 Å². The standard InChI is InChI=1S/C20H20ClFN4O2S2/c1-26-18(11-29-10-13-3-6-15(22)7-4-13)24-25-20(26)30-12-19(27)23-16-9-14(21)5-8-17(16)28-2/h3-9H,10-12H2,1-2H3,(H,23,27). The Hall–Kier alpha value is -2.23. The van der Waals surface area contributed by atoms with Crippen molar-refractivity contribution >= 4 is 46.7 Å². The van der Waals surface area contributed by atoms with E-state index in [-0.39, 0.29) is 17.5 Å². The zero-order chi connectivity index (χ0) is 21.5. The van der Waals surface area contributed by atoms with E-state index in [1.807, 2.05) is 11.6 Å². The summed E-state index contributed by atoms with van der Waals surface area (Å²) < 4.78 is 20.1. The molecule has 0 saturated heterocycles. The maximum Gasteiger partial charge on any atom is 0.234 e. The number of hydrogen-bond donors (Lipinski definition) is 1. The molecule has 30 heavy (non-hydrogen) atoms. The van der Waals surface area contributed by atoms with Gasteiger partial charge in [0.1, 0.15) is 17.4 Å². The van der Waals surface area contributed by atoms with Crippen molar-refractivity contribution in [2.75, 3.05) is 18.2 Å². The zero-order valence-electron chi connectivity index (χ0n) is 16.4. The molecule has 2 aromatic carbocycles. The Labute approximate surface area is 187 Å². The van der Waals surface area contributed by atoms with Gasteiger partial charge in [0.2, 0.25) is 5.91 Å². The molecule has 158 valence electrons. The van der Waals surface area contributed by atoms with Crippen LogP contribution in [0.1, 0.15) is 11.4 Å². The van der Waals surface area contributed by atoms with E-state index in [9.17, 15) is 9.18 Å². The van der Waals surface area contributed by atoms with E-state index in [4.69, 9.17) is 16.3 Å². The average Bonchev–Trinajstić information content (AvgIpc) is 3.08. The SMILES string of the molecule is COc1ccc(Cl)cc1NC(=O)CSc1nnc(CSCc2ccc(F)cc2)n1C. The highest BCUT2D eigenvalue weighted by molar-refractivity contribution is 7.99. The molecule has 0 aliphatic heterocycles. The van der Waals surface area contributed by atoms with Crippen LogP contribution in [0.5, 0.6) is 5.75 Å². The maximum absolute atomic E-state index is 13.0. The predicted molar refractivity (Wildman–Crippen MR) is 120 cm³/mol. The lowest BCUT2D eigenvalue weighted by Gasteiger charge is -2.10. The normalized spacial score (nSPS) is 10.8. The van der Waals surface area contributed by atoms with Gasteiger partial charge in [0.25, 0.3) is 0 Å². The van der Waals surface area contributed by atoms with E-state index in [0.717, 1.165) is 17.1 Å². The quantitative estimate of drug-likeness (QED) is 0.458. The molecule has 0 aliphatic carbocycles. The molecule has 0 radical (unpaired) electrons. The van der Waals surface area contributed by atoms with Gasteiger partial charge in [-0.3, -0.25) is 4.79 Å². The van der Waals surface area contributed by atoms with Crippen LogP contribution in [-0.4, -0.2) is 33.5 Å². The molecule has 6 nitrogen and oxygen atoms in total. The van der Waals surface area contributed by atoms with Gasteiger partial charge in [-0.05, 0) is 35.9 Å². The second-order valence-electron chi connectivity index (χ2n) is 6.26. The molecule has 3 rings (SSSR count). The Morgan fingerprint density at radius 1 is 1.20 bits per heavy atom. The summed E-state index contributed by atoms with van der Waals surface area (Å²) in [6, 6.07) is 11.5. The van der Waals surface area contributed by atoms with Gasteiger partial charge < -0.3 is 14.6 Å². The molecular weight excluding hydrogens is 447 g/mol. The number of rotatable bonds is 9. The first kappa shape index (κ1) is 22.5. The minimum Gasteiger partial charge on any atom is -0.495 e. The fourth-order valence-corrected chi connectivity index (χ4v) is 4.40. The third-order valence-corrected chi connectivity index (χ3v) is 6.36. The van der Waals surface area contributed by atoms with Crippen molar-refractivity contribution in [3.05, 3.63) is 64.7 Å². The Kier molecular flexibility index (Phi) is 8.01. The minimum atomic E-state index is -0.239. The Balaban J connectivity index is 1.50. The van der Waals surface area contributed by atoms with Crippen LogP contribution in [0, 0.1) is 5.82 Å². The van der Waals surface area contributed by atoms with Gasteiger partial charge in [0.15, 0.2) is 5.16 Å². The lowest BCUT2D eigenvalue weighted by atomic mass is 10.2. The van der Waals surface area contributed by atoms with Crippen LogP contribution in [-0.2, 0) is 23.3 Å². The summed E-state index contributed by atoms with van der Waals surface area (Å²) in [6.07, 6.45) is 0. The van der Waals surface area contributed by atoms with Crippen molar-refractivity contribution in [1.29, 1.82) is 0 Å². The Bertz CT molecular complexity index is 1010. The summed E-state index contributed by atoms with van der Waals surface area (Å²) in [4.78, 5) is 12.3. The number of thioether (sulfide) groups is 2. The average molecular weight is 467 g/mol. The lowest BCUT2D eigenvalue weighted by molar-refractivity contribution is -0.113. The number of nitrogens with one attached hydrogen (secondary N) is 1. The first-order valence-corrected chi connectivity index (χ1v) is 11.4. The molecule has 1 amide bonds. The molecule has 0 bridgehead atoms. The Morgan fingerprint density at radius 3 is 2.70 bits per heavy atom. The van der Waals surface area contributed by atoms with Crippen LogP contribution in [0.3, 0.4) is 0 Å². The number of methoxy groups -OCH3 is 1. The smallest absolute Gasteiger partial charge is 0.234 e. The largest absolute Gasteiger partial charge is 0.495 e. The number of amides is 1. The first-order valence-electron chi connectivity index (χ1n) is 8.93. The van der Waals surface area contributed by atoms with Crippen molar-refractivity contribution < 1.29 is 13.9 Å². The molecule has 0 aliphatic rings. The number of benzene rings is 2. The van der Waals surface area contributed by atoms with Gasteiger partial charge in [-0.2, -0.15) is 0 Å². The molecular formula is C20H20ClFN4O2S2. The number of halogens is 2. The molecule has 0 saturated carbocycles. The van der Waals surface area contributed by atoms with Gasteiger partial charge >= 0.3 is 0 Å². The highest BCUT2D eigenvalue weighted by Crippen LogP contribution is 2.28. The summed E-state index contributed by atoms with van der Waals surface area (Å²) in [5, 5.41) is 12.3. The molecule has 1 aromatic heterocycles. The monoisotopic (exact) mass is 466 g/mol. The fraction of sp³-hybridized carbons (Fsp3) is 0.250. The van der Waals surface area contributed by atoms with Crippen LogP contribution >= 0.6 is 35.1 Å². The summed E-state index contributed by atoms with van der Waals surface area (Å²) in [5.74, 6) is 2.49. The molecule has 10 heteroatoms. The number of carbonyl (C=O) groups is 1. The molecule has 0 spiro atoms. The summed E-state index contributed by atoms with van der Waals surface area (Å²) in [5.41, 5.74) is 1.57. The highest BCUT2D eigenvalue weighted by Gasteiger charge is 2.13. The number of nitrogens with zero attached hydrogens (tertiary/aromatic N) is 3. The molecule has 0 atom stereocenters. The topological polar surface area (TPSA) is 69.0 Å². The molecule has 1 heterocycles. The summed E-state index contributed by atoms with van der Waals surface area (Å²) in [7, 11) is 3.40. The zero-order valence-corrected chi connectivity index (χ0v) is 18.8. The number of anilines is 1. The van der Waals surface area contributed by atoms with Crippen molar-refractivity contribution in [3.8, 4) is 5.75 Å². The number of carbonyl (C=O) groups excluding carboxylic acids is 1. The second kappa shape index (κ2) is 10.7. The van der Waals surface area contributed by atoms with E-state index in [2.05, 4.69) is 15.5 Å². The van der Waals surface area contributed by atoms with Crippen LogP contribution in [0.25, 0.3) is 0 Å². The second-order valence-corrected chi connectivity index (χ2v) is 8.62. The molecule has 1 N–H and O–H groups in total. The number of hydrogen-bond acceptors (Lipinski definition) is 6. The molecule has 0 fully saturated rings. The fourth-order valence-electron chi connectivity index (χ4n) is 2.53. The minimum absolute atomic E-state index is 0.171. The van der Waals surface area contributed by atoms with Crippen LogP contribution in [0.2, 0.25) is 5.02 Å². The third kappa shape index (κ3) is 6.13. The maximum atomic E-state index is 13.0. The highest BCUT2D eigenvalue weighted by atomic mass is 35.5. The van der Waals surface area contributed by atoms with Crippen LogP contribution in [0.4, 0.5) is 10.1 Å². The number of aromatic nitrogens is 3. The van der Waals surface area contributed by atoms with Crippen LogP contribution in [0.15, 0.2) is 47.6 Å². The number of ether oxygens (including phenoxy) is 1. The van der Waals surface area contributed by atoms with Gasteiger partial charge in [-0.15, -0.1) is 22.0 Å². The predicted octanol–water partition coefficient (Wildman–Crippen LogP) is 4.78. The van der Waals surface area contributed by atoms with Gasteiger partial charge in [-0.25, -0.2) is 4.39 Å². The van der Waals surface area contributed by atoms with E-state index >= 15 is 0 Å². The van der Waals surface area contributed by atoms with E-state index in [1.54, 1.807) is 42.1 Å². The van der Waals surface area contributed by atoms with Crippen LogP contribution < -0.4 is 10.1 Å². The van der Waals surface area contributed by atoms with Gasteiger partial charge in [0, 0.05) is 17.8 Å². The third-order valence-electron chi connectivity index (χ3n) is 4.11. The summed E-state index contributed by atoms with van der Waals surface area (Å²) in [6.45, 7) is 0. The van der Waals surface area contributed by atoms with Crippen molar-refractivity contribution in [2.45, 2.75) is 16.7 Å². The van der Waals surface area contributed by atoms with Crippen molar-refractivity contribution in [3.63, 3.8) is 0 Å². The Morgan fingerprint density at radius 2 is 1.97 bits per heavy atom. The first-order chi connectivity index (χ1) is 14.5. The summed E-state index contributed by atoms with van der Waals surface area (Å²) >= 11 is 8.95. The lowest BCUT2D eigenvalue weighted by Crippen LogP contribution is -2.15. The van der Waals surface area contributed by atoms with Crippen molar-refractivity contribution in [1.82, 2.24) is 14.8 Å². The van der Waals surface area contributed by atoms with Gasteiger partial charge in [0.05, 0.1) is 24.3 Å². The van der Waals surface area contributed by atoms with Gasteiger partial charge in [-0.1, -0.05) is 35.5 Å². The van der Waals surface area contributed by atoms with E-state index in [1.165, 1.54) is 31.0 Å². The van der Waals surface area contributed by atoms with E-state index in [0.29, 0.717) is 27.4 Å². The molecule has 3 aromatic rings.